The SMILES string of the molecule is CC(C)[C@H]1C(=O)N[C@@H](CO)Cc2cc3c(cc2N1C)C1(CCC3)CCC(C)(C)CC1. The van der Waals surface area contributed by atoms with Gasteiger partial charge in [-0.25, -0.2) is 0 Å². The first-order chi connectivity index (χ1) is 14.2. The zero-order valence-corrected chi connectivity index (χ0v) is 19.6. The van der Waals surface area contributed by atoms with Crippen LogP contribution in [-0.2, 0) is 23.1 Å². The molecular weight excluding hydrogens is 372 g/mol. The highest BCUT2D eigenvalue weighted by Crippen LogP contribution is 2.53. The molecule has 0 aromatic heterocycles. The molecule has 1 heterocycles. The molecule has 3 aliphatic rings. The molecule has 166 valence electrons. The summed E-state index contributed by atoms with van der Waals surface area (Å²) in [5.41, 5.74) is 6.31. The van der Waals surface area contributed by atoms with Crippen LogP contribution in [0.4, 0.5) is 5.69 Å². The minimum atomic E-state index is -0.221. The van der Waals surface area contributed by atoms with Crippen molar-refractivity contribution in [2.75, 3.05) is 18.6 Å². The van der Waals surface area contributed by atoms with Crippen molar-refractivity contribution in [2.45, 2.75) is 96.6 Å². The van der Waals surface area contributed by atoms with Crippen LogP contribution in [0.15, 0.2) is 12.1 Å². The minimum absolute atomic E-state index is 0.0180. The quantitative estimate of drug-likeness (QED) is 0.759. The highest BCUT2D eigenvalue weighted by atomic mass is 16.3. The van der Waals surface area contributed by atoms with Gasteiger partial charge in [-0.05, 0) is 90.9 Å². The molecule has 0 saturated heterocycles. The molecule has 0 bridgehead atoms. The molecular formula is C26H40N2O2. The molecule has 0 radical (unpaired) electrons. The molecule has 1 aromatic carbocycles. The highest BCUT2D eigenvalue weighted by molar-refractivity contribution is 5.87. The van der Waals surface area contributed by atoms with Gasteiger partial charge in [-0.1, -0.05) is 33.8 Å². The molecule has 1 fully saturated rings. The Labute approximate surface area is 182 Å². The van der Waals surface area contributed by atoms with Gasteiger partial charge < -0.3 is 15.3 Å². The Morgan fingerprint density at radius 1 is 1.13 bits per heavy atom. The van der Waals surface area contributed by atoms with Crippen molar-refractivity contribution in [1.29, 1.82) is 0 Å². The van der Waals surface area contributed by atoms with Crippen LogP contribution >= 0.6 is 0 Å². The second-order valence-corrected chi connectivity index (χ2v) is 11.3. The van der Waals surface area contributed by atoms with Crippen molar-refractivity contribution in [3.63, 3.8) is 0 Å². The number of aliphatic hydroxyl groups is 1. The van der Waals surface area contributed by atoms with Crippen LogP contribution in [0.2, 0.25) is 0 Å². The molecule has 1 aliphatic heterocycles. The summed E-state index contributed by atoms with van der Waals surface area (Å²) in [5.74, 6) is 0.227. The van der Waals surface area contributed by atoms with Crippen LogP contribution in [0.25, 0.3) is 0 Å². The molecule has 1 saturated carbocycles. The second-order valence-electron chi connectivity index (χ2n) is 11.3. The summed E-state index contributed by atoms with van der Waals surface area (Å²) >= 11 is 0. The predicted octanol–water partition coefficient (Wildman–Crippen LogP) is 4.35. The molecule has 4 rings (SSSR count). The van der Waals surface area contributed by atoms with Gasteiger partial charge in [0.05, 0.1) is 12.6 Å². The van der Waals surface area contributed by atoms with Crippen LogP contribution in [0.1, 0.15) is 82.9 Å². The third-order valence-corrected chi connectivity index (χ3v) is 8.27. The van der Waals surface area contributed by atoms with Gasteiger partial charge in [-0.3, -0.25) is 4.79 Å². The van der Waals surface area contributed by atoms with E-state index in [2.05, 4.69) is 57.1 Å². The van der Waals surface area contributed by atoms with Crippen molar-refractivity contribution in [1.82, 2.24) is 5.32 Å². The van der Waals surface area contributed by atoms with Gasteiger partial charge in [-0.15, -0.1) is 0 Å². The van der Waals surface area contributed by atoms with E-state index in [1.54, 1.807) is 5.56 Å². The number of hydrogen-bond acceptors (Lipinski definition) is 3. The summed E-state index contributed by atoms with van der Waals surface area (Å²) in [5, 5.41) is 13.0. The van der Waals surface area contributed by atoms with Crippen LogP contribution in [0.5, 0.6) is 0 Å². The standard InChI is InChI=1S/C26H40N2O2/c1-17(2)23-24(30)27-20(16-29)14-19-13-18-7-6-8-26(11-9-25(3,4)10-12-26)21(18)15-22(19)28(23)5/h13,15,17,20,23,29H,6-12,14,16H2,1-5H3,(H,27,30)/t20-,23+/m1/s1. The summed E-state index contributed by atoms with van der Waals surface area (Å²) in [7, 11) is 2.08. The number of hydrogen-bond donors (Lipinski definition) is 2. The van der Waals surface area contributed by atoms with Gasteiger partial charge in [0.2, 0.25) is 5.91 Å². The lowest BCUT2D eigenvalue weighted by molar-refractivity contribution is -0.124. The smallest absolute Gasteiger partial charge is 0.243 e. The number of fused-ring (bicyclic) bond motifs is 3. The van der Waals surface area contributed by atoms with Crippen LogP contribution in [0.3, 0.4) is 0 Å². The number of anilines is 1. The third-order valence-electron chi connectivity index (χ3n) is 8.27. The van der Waals surface area contributed by atoms with E-state index >= 15 is 0 Å². The number of rotatable bonds is 2. The largest absolute Gasteiger partial charge is 0.394 e. The summed E-state index contributed by atoms with van der Waals surface area (Å²) in [6.45, 7) is 9.03. The van der Waals surface area contributed by atoms with Gasteiger partial charge in [0.25, 0.3) is 0 Å². The maximum absolute atomic E-state index is 13.0. The van der Waals surface area contributed by atoms with E-state index in [-0.39, 0.29) is 30.5 Å². The number of nitrogens with zero attached hydrogens (tertiary/aromatic N) is 1. The van der Waals surface area contributed by atoms with E-state index in [1.165, 1.54) is 55.3 Å². The van der Waals surface area contributed by atoms with Crippen molar-refractivity contribution in [3.05, 3.63) is 28.8 Å². The monoisotopic (exact) mass is 412 g/mol. The fourth-order valence-electron chi connectivity index (χ4n) is 6.34. The van der Waals surface area contributed by atoms with Gasteiger partial charge in [-0.2, -0.15) is 0 Å². The number of aliphatic hydroxyl groups excluding tert-OH is 1. The van der Waals surface area contributed by atoms with Gasteiger partial charge >= 0.3 is 0 Å². The molecule has 1 spiro atoms. The number of carbonyl (C=O) groups is 1. The summed E-state index contributed by atoms with van der Waals surface area (Å²) in [4.78, 5) is 15.2. The molecule has 1 amide bonds. The number of aryl methyl sites for hydroxylation is 1. The summed E-state index contributed by atoms with van der Waals surface area (Å²) < 4.78 is 0. The lowest BCUT2D eigenvalue weighted by atomic mass is 9.58. The van der Waals surface area contributed by atoms with Gasteiger partial charge in [0, 0.05) is 12.7 Å². The Hall–Kier alpha value is -1.55. The van der Waals surface area contributed by atoms with Crippen molar-refractivity contribution >= 4 is 11.6 Å². The molecule has 4 nitrogen and oxygen atoms in total. The van der Waals surface area contributed by atoms with Gasteiger partial charge in [0.15, 0.2) is 0 Å². The van der Waals surface area contributed by atoms with E-state index in [4.69, 9.17) is 0 Å². The Morgan fingerprint density at radius 2 is 1.83 bits per heavy atom. The summed E-state index contributed by atoms with van der Waals surface area (Å²) in [6, 6.07) is 4.43. The molecule has 4 heteroatoms. The Morgan fingerprint density at radius 3 is 2.47 bits per heavy atom. The zero-order valence-electron chi connectivity index (χ0n) is 19.6. The van der Waals surface area contributed by atoms with Crippen molar-refractivity contribution in [3.8, 4) is 0 Å². The topological polar surface area (TPSA) is 52.6 Å². The normalized spacial score (nSPS) is 27.8. The minimum Gasteiger partial charge on any atom is -0.394 e. The number of amides is 1. The lowest BCUT2D eigenvalue weighted by Gasteiger charge is -2.48. The van der Waals surface area contributed by atoms with Crippen LogP contribution in [0, 0.1) is 11.3 Å². The average Bonchev–Trinajstić information content (AvgIpc) is 2.68. The number of benzene rings is 1. The Bertz CT molecular complexity index is 803. The van der Waals surface area contributed by atoms with E-state index in [9.17, 15) is 9.90 Å². The highest BCUT2D eigenvalue weighted by Gasteiger charge is 2.43. The first-order valence-electron chi connectivity index (χ1n) is 12.0. The number of likely N-dealkylation sites (N-methyl/N-ethyl adjacent to an activating group) is 1. The number of carbonyl (C=O) groups excluding carboxylic acids is 1. The van der Waals surface area contributed by atoms with Gasteiger partial charge in [0.1, 0.15) is 6.04 Å². The maximum atomic E-state index is 13.0. The molecule has 2 atom stereocenters. The molecule has 2 N–H and O–H groups in total. The fraction of sp³-hybridized carbons (Fsp3) is 0.731. The first kappa shape index (κ1) is 21.7. The maximum Gasteiger partial charge on any atom is 0.243 e. The van der Waals surface area contributed by atoms with E-state index in [1.807, 2.05) is 0 Å². The third kappa shape index (κ3) is 3.77. The Kier molecular flexibility index (Phi) is 5.67. The lowest BCUT2D eigenvalue weighted by Crippen LogP contribution is -2.54. The van der Waals surface area contributed by atoms with Crippen LogP contribution in [-0.4, -0.2) is 36.8 Å². The fourth-order valence-corrected chi connectivity index (χ4v) is 6.34. The van der Waals surface area contributed by atoms with E-state index < -0.39 is 0 Å². The molecule has 1 aromatic rings. The van der Waals surface area contributed by atoms with E-state index in [0.717, 1.165) is 6.42 Å². The van der Waals surface area contributed by atoms with Crippen LogP contribution < -0.4 is 10.2 Å². The Balaban J connectivity index is 1.81. The van der Waals surface area contributed by atoms with E-state index in [0.29, 0.717) is 17.3 Å². The summed E-state index contributed by atoms with van der Waals surface area (Å²) in [6.07, 6.45) is 9.57. The first-order valence-corrected chi connectivity index (χ1v) is 12.0. The molecule has 2 aliphatic carbocycles. The van der Waals surface area contributed by atoms with Crippen molar-refractivity contribution in [2.24, 2.45) is 11.3 Å². The molecule has 0 unspecified atom stereocenters. The second kappa shape index (κ2) is 7.85. The molecule has 30 heavy (non-hydrogen) atoms. The predicted molar refractivity (Wildman–Crippen MR) is 123 cm³/mol. The van der Waals surface area contributed by atoms with Crippen molar-refractivity contribution < 1.29 is 9.90 Å². The zero-order chi connectivity index (χ0) is 21.7. The number of nitrogens with one attached hydrogen (secondary N) is 1. The average molecular weight is 413 g/mol.